The summed E-state index contributed by atoms with van der Waals surface area (Å²) in [4.78, 5) is 26.8. The van der Waals surface area contributed by atoms with Crippen LogP contribution in [-0.2, 0) is 16.1 Å². The minimum atomic E-state index is -0.390. The number of nitrogens with one attached hydrogen (secondary N) is 1. The molecule has 144 valence electrons. The number of hydrogen-bond acceptors (Lipinski definition) is 3. The van der Waals surface area contributed by atoms with E-state index in [2.05, 4.69) is 5.32 Å². The molecule has 1 N–H and O–H groups in total. The molecule has 0 saturated carbocycles. The molecule has 27 heavy (non-hydrogen) atoms. The monoisotopic (exact) mass is 388 g/mol. The predicted octanol–water partition coefficient (Wildman–Crippen LogP) is 4.42. The Balaban J connectivity index is 2.07. The Morgan fingerprint density at radius 1 is 1.19 bits per heavy atom. The summed E-state index contributed by atoms with van der Waals surface area (Å²) in [5.41, 5.74) is 2.33. The van der Waals surface area contributed by atoms with Crippen molar-refractivity contribution < 1.29 is 14.3 Å². The number of ether oxygens (including phenoxy) is 1. The Hall–Kier alpha value is -2.53. The van der Waals surface area contributed by atoms with E-state index < -0.39 is 5.91 Å². The Morgan fingerprint density at radius 3 is 2.44 bits per heavy atom. The molecule has 0 aromatic heterocycles. The van der Waals surface area contributed by atoms with E-state index >= 15 is 0 Å². The predicted molar refractivity (Wildman–Crippen MR) is 108 cm³/mol. The molecule has 0 unspecified atom stereocenters. The van der Waals surface area contributed by atoms with Gasteiger partial charge < -0.3 is 15.0 Å². The number of anilines is 1. The molecule has 0 aliphatic heterocycles. The van der Waals surface area contributed by atoms with Crippen LogP contribution >= 0.6 is 11.6 Å². The highest BCUT2D eigenvalue weighted by molar-refractivity contribution is 6.31. The maximum atomic E-state index is 12.7. The molecule has 0 atom stereocenters. The molecule has 0 aliphatic carbocycles. The summed E-state index contributed by atoms with van der Waals surface area (Å²) in [6.45, 7) is 6.17. The number of benzene rings is 2. The molecular formula is C21H25ClN2O3. The number of hydrogen-bond donors (Lipinski definition) is 1. The van der Waals surface area contributed by atoms with Crippen molar-refractivity contribution in [1.29, 1.82) is 0 Å². The zero-order chi connectivity index (χ0) is 20.0. The molecule has 6 heteroatoms. The fraction of sp³-hybridized carbons (Fsp3) is 0.333. The minimum absolute atomic E-state index is 0.0159. The topological polar surface area (TPSA) is 58.6 Å². The van der Waals surface area contributed by atoms with Gasteiger partial charge in [0.1, 0.15) is 12.2 Å². The SMILES string of the molecule is COc1cc(Cl)c(C)cc1NC(=O)CC(=O)N(Cc1ccccc1)C(C)C. The summed E-state index contributed by atoms with van der Waals surface area (Å²) in [6, 6.07) is 13.1. The molecule has 0 bridgehead atoms. The van der Waals surface area contributed by atoms with Crippen molar-refractivity contribution in [2.24, 2.45) is 0 Å². The van der Waals surface area contributed by atoms with Gasteiger partial charge in [0, 0.05) is 23.7 Å². The second-order valence-corrected chi connectivity index (χ2v) is 7.03. The highest BCUT2D eigenvalue weighted by atomic mass is 35.5. The molecule has 0 saturated heterocycles. The normalized spacial score (nSPS) is 10.6. The number of carbonyl (C=O) groups excluding carboxylic acids is 2. The van der Waals surface area contributed by atoms with E-state index in [0.717, 1.165) is 11.1 Å². The van der Waals surface area contributed by atoms with Gasteiger partial charge in [0.15, 0.2) is 0 Å². The summed E-state index contributed by atoms with van der Waals surface area (Å²) in [5, 5.41) is 3.30. The Labute approximate surface area is 165 Å². The fourth-order valence-corrected chi connectivity index (χ4v) is 2.86. The maximum Gasteiger partial charge on any atom is 0.233 e. The fourth-order valence-electron chi connectivity index (χ4n) is 2.70. The molecule has 2 aromatic rings. The van der Waals surface area contributed by atoms with E-state index in [1.165, 1.54) is 7.11 Å². The van der Waals surface area contributed by atoms with Gasteiger partial charge in [-0.15, -0.1) is 0 Å². The van der Waals surface area contributed by atoms with Crippen molar-refractivity contribution in [3.05, 3.63) is 58.6 Å². The first-order chi connectivity index (χ1) is 12.8. The average molecular weight is 389 g/mol. The van der Waals surface area contributed by atoms with Crippen molar-refractivity contribution in [3.8, 4) is 5.75 Å². The van der Waals surface area contributed by atoms with Crippen LogP contribution in [0.3, 0.4) is 0 Å². The van der Waals surface area contributed by atoms with Crippen molar-refractivity contribution >= 4 is 29.1 Å². The molecule has 0 radical (unpaired) electrons. The molecule has 0 aliphatic rings. The van der Waals surface area contributed by atoms with Crippen LogP contribution in [0.1, 0.15) is 31.4 Å². The molecule has 0 heterocycles. The number of nitrogens with zero attached hydrogens (tertiary/aromatic N) is 1. The number of carbonyl (C=O) groups is 2. The Kier molecular flexibility index (Phi) is 7.25. The van der Waals surface area contributed by atoms with Crippen LogP contribution in [0.5, 0.6) is 5.75 Å². The third kappa shape index (κ3) is 5.73. The van der Waals surface area contributed by atoms with E-state index in [1.54, 1.807) is 17.0 Å². The van der Waals surface area contributed by atoms with Gasteiger partial charge >= 0.3 is 0 Å². The van der Waals surface area contributed by atoms with Crippen molar-refractivity contribution in [2.75, 3.05) is 12.4 Å². The number of aryl methyl sites for hydroxylation is 1. The Bertz CT molecular complexity index is 807. The molecular weight excluding hydrogens is 364 g/mol. The van der Waals surface area contributed by atoms with Gasteiger partial charge in [0.2, 0.25) is 11.8 Å². The first kappa shape index (κ1) is 20.8. The van der Waals surface area contributed by atoms with Crippen molar-refractivity contribution in [1.82, 2.24) is 4.90 Å². The summed E-state index contributed by atoms with van der Waals surface area (Å²) in [5.74, 6) is -0.161. The third-order valence-electron chi connectivity index (χ3n) is 4.21. The smallest absolute Gasteiger partial charge is 0.233 e. The lowest BCUT2D eigenvalue weighted by Crippen LogP contribution is -2.38. The van der Waals surface area contributed by atoms with Gasteiger partial charge in [-0.25, -0.2) is 0 Å². The van der Waals surface area contributed by atoms with Crippen LogP contribution < -0.4 is 10.1 Å². The molecule has 2 aromatic carbocycles. The van der Waals surface area contributed by atoms with Crippen LogP contribution in [0.15, 0.2) is 42.5 Å². The Morgan fingerprint density at radius 2 is 1.85 bits per heavy atom. The van der Waals surface area contributed by atoms with Crippen LogP contribution in [0.25, 0.3) is 0 Å². The third-order valence-corrected chi connectivity index (χ3v) is 4.61. The van der Waals surface area contributed by atoms with Gasteiger partial charge in [-0.1, -0.05) is 41.9 Å². The van der Waals surface area contributed by atoms with Gasteiger partial charge in [0.25, 0.3) is 0 Å². The van der Waals surface area contributed by atoms with Gasteiger partial charge in [-0.05, 0) is 38.0 Å². The lowest BCUT2D eigenvalue weighted by Gasteiger charge is -2.27. The van der Waals surface area contributed by atoms with E-state index in [-0.39, 0.29) is 18.4 Å². The van der Waals surface area contributed by atoms with E-state index in [1.807, 2.05) is 51.1 Å². The van der Waals surface area contributed by atoms with Crippen LogP contribution in [0.2, 0.25) is 5.02 Å². The van der Waals surface area contributed by atoms with Gasteiger partial charge in [0.05, 0.1) is 12.8 Å². The largest absolute Gasteiger partial charge is 0.495 e. The van der Waals surface area contributed by atoms with Crippen LogP contribution in [-0.4, -0.2) is 29.9 Å². The number of methoxy groups -OCH3 is 1. The first-order valence-electron chi connectivity index (χ1n) is 8.79. The zero-order valence-electron chi connectivity index (χ0n) is 16.1. The molecule has 2 amide bonds. The van der Waals surface area contributed by atoms with Crippen LogP contribution in [0, 0.1) is 6.92 Å². The minimum Gasteiger partial charge on any atom is -0.495 e. The quantitative estimate of drug-likeness (QED) is 0.714. The summed E-state index contributed by atoms with van der Waals surface area (Å²) >= 11 is 6.09. The number of rotatable bonds is 7. The lowest BCUT2D eigenvalue weighted by atomic mass is 10.1. The number of halogens is 1. The standard InChI is InChI=1S/C21H25ClN2O3/c1-14(2)24(13-16-8-6-5-7-9-16)21(26)12-20(25)23-18-10-15(3)17(22)11-19(18)27-4/h5-11,14H,12-13H2,1-4H3,(H,23,25). The van der Waals surface area contributed by atoms with Crippen molar-refractivity contribution in [3.63, 3.8) is 0 Å². The van der Waals surface area contributed by atoms with Crippen LogP contribution in [0.4, 0.5) is 5.69 Å². The molecule has 2 rings (SSSR count). The summed E-state index contributed by atoms with van der Waals surface area (Å²) in [6.07, 6.45) is -0.240. The lowest BCUT2D eigenvalue weighted by molar-refractivity contribution is -0.136. The second kappa shape index (κ2) is 9.42. The highest BCUT2D eigenvalue weighted by Gasteiger charge is 2.21. The molecule has 0 fully saturated rings. The highest BCUT2D eigenvalue weighted by Crippen LogP contribution is 2.31. The van der Waals surface area contributed by atoms with Gasteiger partial charge in [-0.3, -0.25) is 9.59 Å². The second-order valence-electron chi connectivity index (χ2n) is 6.63. The molecule has 5 nitrogen and oxygen atoms in total. The zero-order valence-corrected chi connectivity index (χ0v) is 16.8. The maximum absolute atomic E-state index is 12.7. The van der Waals surface area contributed by atoms with E-state index in [9.17, 15) is 9.59 Å². The first-order valence-corrected chi connectivity index (χ1v) is 9.17. The molecule has 0 spiro atoms. The van der Waals surface area contributed by atoms with Gasteiger partial charge in [-0.2, -0.15) is 0 Å². The van der Waals surface area contributed by atoms with Crippen molar-refractivity contribution in [2.45, 2.75) is 39.8 Å². The summed E-state index contributed by atoms with van der Waals surface area (Å²) < 4.78 is 5.26. The van der Waals surface area contributed by atoms with E-state index in [4.69, 9.17) is 16.3 Å². The number of amides is 2. The average Bonchev–Trinajstić information content (AvgIpc) is 2.62. The summed E-state index contributed by atoms with van der Waals surface area (Å²) in [7, 11) is 1.50. The van der Waals surface area contributed by atoms with E-state index in [0.29, 0.717) is 23.0 Å².